The van der Waals surface area contributed by atoms with Crippen molar-refractivity contribution < 1.29 is 14.6 Å². The smallest absolute Gasteiger partial charge is 0.296 e. The van der Waals surface area contributed by atoms with E-state index < -0.39 is 22.8 Å². The van der Waals surface area contributed by atoms with Crippen LogP contribution in [0, 0.1) is 0 Å². The van der Waals surface area contributed by atoms with E-state index in [4.69, 9.17) is 4.74 Å². The number of ether oxygens (including phenoxy) is 1. The second kappa shape index (κ2) is 5.91. The molecule has 1 aromatic heterocycles. The van der Waals surface area contributed by atoms with Crippen molar-refractivity contribution in [3.63, 3.8) is 0 Å². The minimum absolute atomic E-state index is 0.214. The van der Waals surface area contributed by atoms with Gasteiger partial charge in [-0.3, -0.25) is 19.2 Å². The number of fused-ring (bicyclic) bond motifs is 1. The maximum atomic E-state index is 12.4. The lowest BCUT2D eigenvalue weighted by molar-refractivity contribution is -0.0567. The van der Waals surface area contributed by atoms with Crippen molar-refractivity contribution in [1.29, 1.82) is 0 Å². The van der Waals surface area contributed by atoms with Gasteiger partial charge in [-0.15, -0.1) is 0 Å². The van der Waals surface area contributed by atoms with Crippen LogP contribution in [0.1, 0.15) is 30.2 Å². The Kier molecular flexibility index (Phi) is 4.06. The first kappa shape index (κ1) is 16.5. The maximum Gasteiger partial charge on any atom is 0.296 e. The number of rotatable bonds is 3. The fraction of sp³-hybridized carbons (Fsp3) is 0.533. The third kappa shape index (κ3) is 2.76. The molecule has 2 aliphatic heterocycles. The molecule has 1 aromatic rings. The van der Waals surface area contributed by atoms with Crippen LogP contribution >= 0.6 is 0 Å². The quantitative estimate of drug-likeness (QED) is 0.774. The number of carbonyl (C=O) groups is 1. The molecule has 0 bridgehead atoms. The van der Waals surface area contributed by atoms with E-state index in [1.807, 2.05) is 24.3 Å². The molecule has 2 aliphatic rings. The zero-order valence-corrected chi connectivity index (χ0v) is 13.9. The number of nitrogens with zero attached hydrogens (tertiary/aromatic N) is 4. The maximum absolute atomic E-state index is 12.4. The lowest BCUT2D eigenvalue weighted by Crippen LogP contribution is -2.44. The summed E-state index contributed by atoms with van der Waals surface area (Å²) in [5.41, 5.74) is -1.71. The lowest BCUT2D eigenvalue weighted by atomic mass is 10.1. The van der Waals surface area contributed by atoms with Crippen molar-refractivity contribution in [2.45, 2.75) is 26.0 Å². The van der Waals surface area contributed by atoms with E-state index in [1.54, 1.807) is 18.9 Å². The number of hydrazine groups is 1. The molecule has 0 aromatic carbocycles. The average Bonchev–Trinajstić information content (AvgIpc) is 2.93. The van der Waals surface area contributed by atoms with Gasteiger partial charge >= 0.3 is 0 Å². The summed E-state index contributed by atoms with van der Waals surface area (Å²) in [5, 5.41) is 16.5. The second-order valence-corrected chi connectivity index (χ2v) is 6.28. The topological polar surface area (TPSA) is 99.9 Å². The van der Waals surface area contributed by atoms with E-state index in [1.165, 1.54) is 4.57 Å². The van der Waals surface area contributed by atoms with E-state index in [0.717, 1.165) is 6.54 Å². The van der Waals surface area contributed by atoms with Gasteiger partial charge in [0, 0.05) is 19.8 Å². The van der Waals surface area contributed by atoms with Gasteiger partial charge in [-0.2, -0.15) is 0 Å². The summed E-state index contributed by atoms with van der Waals surface area (Å²) in [6, 6.07) is 0. The number of aromatic nitrogens is 2. The third-order valence-corrected chi connectivity index (χ3v) is 4.16. The molecule has 1 amide bonds. The monoisotopic (exact) mass is 335 g/mol. The van der Waals surface area contributed by atoms with Gasteiger partial charge in [-0.05, 0) is 13.8 Å². The van der Waals surface area contributed by atoms with Crippen LogP contribution in [0.25, 0.3) is 0 Å². The van der Waals surface area contributed by atoms with Crippen molar-refractivity contribution in [2.24, 2.45) is 0 Å². The molecule has 130 valence electrons. The van der Waals surface area contributed by atoms with Crippen LogP contribution in [-0.4, -0.2) is 57.5 Å². The Morgan fingerprint density at radius 2 is 2.25 bits per heavy atom. The first-order chi connectivity index (χ1) is 11.3. The number of nitrogens with one attached hydrogen (secondary N) is 1. The van der Waals surface area contributed by atoms with Crippen molar-refractivity contribution in [3.05, 3.63) is 34.1 Å². The Bertz CT molecular complexity index is 755. The van der Waals surface area contributed by atoms with Gasteiger partial charge in [-0.1, -0.05) is 6.08 Å². The van der Waals surface area contributed by atoms with Gasteiger partial charge in [-0.25, -0.2) is 9.99 Å². The van der Waals surface area contributed by atoms with Crippen LogP contribution in [0.15, 0.2) is 17.1 Å². The standard InChI is InChI=1S/C15H21N5O4/c1-15(2)14-17-10(11(21)13(23)20(14)7-8-24-15)12(22)16-9-19-6-4-5-18(19)3/h4,6,21H,5,7-9H2,1-3H3,(H,16,22). The zero-order valence-electron chi connectivity index (χ0n) is 13.9. The summed E-state index contributed by atoms with van der Waals surface area (Å²) in [6.45, 7) is 5.15. The summed E-state index contributed by atoms with van der Waals surface area (Å²) in [5.74, 6) is -0.915. The zero-order chi connectivity index (χ0) is 17.5. The minimum Gasteiger partial charge on any atom is -0.501 e. The Hall–Kier alpha value is -2.39. The number of likely N-dealkylation sites (N-methyl/N-ethyl adjacent to an activating group) is 1. The van der Waals surface area contributed by atoms with Crippen LogP contribution in [-0.2, 0) is 16.9 Å². The molecule has 0 fully saturated rings. The molecule has 2 N–H and O–H groups in total. The van der Waals surface area contributed by atoms with E-state index in [0.29, 0.717) is 19.0 Å². The van der Waals surface area contributed by atoms with Crippen molar-refractivity contribution in [1.82, 2.24) is 24.9 Å². The van der Waals surface area contributed by atoms with Crippen molar-refractivity contribution in [3.8, 4) is 5.75 Å². The largest absolute Gasteiger partial charge is 0.501 e. The first-order valence-electron chi connectivity index (χ1n) is 7.72. The second-order valence-electron chi connectivity index (χ2n) is 6.28. The molecule has 3 rings (SSSR count). The molecule has 9 heteroatoms. The lowest BCUT2D eigenvalue weighted by Gasteiger charge is -2.32. The Balaban J connectivity index is 1.88. The summed E-state index contributed by atoms with van der Waals surface area (Å²) in [7, 11) is 1.88. The van der Waals surface area contributed by atoms with Gasteiger partial charge in [0.1, 0.15) is 18.1 Å². The highest BCUT2D eigenvalue weighted by molar-refractivity contribution is 5.94. The average molecular weight is 335 g/mol. The number of carbonyl (C=O) groups excluding carboxylic acids is 1. The highest BCUT2D eigenvalue weighted by Gasteiger charge is 2.34. The predicted octanol–water partition coefficient (Wildman–Crippen LogP) is -0.422. The van der Waals surface area contributed by atoms with E-state index in [-0.39, 0.29) is 12.4 Å². The molecule has 0 saturated heterocycles. The Morgan fingerprint density at radius 1 is 1.50 bits per heavy atom. The fourth-order valence-electron chi connectivity index (χ4n) is 2.78. The van der Waals surface area contributed by atoms with Gasteiger partial charge in [0.15, 0.2) is 5.69 Å². The van der Waals surface area contributed by atoms with Gasteiger partial charge < -0.3 is 15.2 Å². The van der Waals surface area contributed by atoms with Crippen molar-refractivity contribution in [2.75, 3.05) is 26.9 Å². The van der Waals surface area contributed by atoms with E-state index in [2.05, 4.69) is 10.3 Å². The van der Waals surface area contributed by atoms with Gasteiger partial charge in [0.05, 0.1) is 13.2 Å². The normalized spacial score (nSPS) is 19.4. The number of hydrogen-bond acceptors (Lipinski definition) is 7. The van der Waals surface area contributed by atoms with Crippen LogP contribution in [0.4, 0.5) is 0 Å². The summed E-state index contributed by atoms with van der Waals surface area (Å²) < 4.78 is 6.97. The third-order valence-electron chi connectivity index (χ3n) is 4.16. The summed E-state index contributed by atoms with van der Waals surface area (Å²) in [4.78, 5) is 28.9. The molecule has 9 nitrogen and oxygen atoms in total. The fourth-order valence-corrected chi connectivity index (χ4v) is 2.78. The predicted molar refractivity (Wildman–Crippen MR) is 85.1 cm³/mol. The van der Waals surface area contributed by atoms with Crippen LogP contribution in [0.2, 0.25) is 0 Å². The molecule has 0 radical (unpaired) electrons. The molecule has 0 spiro atoms. The van der Waals surface area contributed by atoms with Crippen molar-refractivity contribution >= 4 is 5.91 Å². The van der Waals surface area contributed by atoms with Gasteiger partial charge in [0.25, 0.3) is 11.5 Å². The molecule has 0 atom stereocenters. The van der Waals surface area contributed by atoms with E-state index >= 15 is 0 Å². The SMILES string of the molecule is CN1CC=CN1CNC(=O)c1nc2n(c(=O)c1O)CCOC2(C)C. The molecule has 0 aliphatic carbocycles. The molecular formula is C15H21N5O4. The van der Waals surface area contributed by atoms with Gasteiger partial charge in [0.2, 0.25) is 5.75 Å². The first-order valence-corrected chi connectivity index (χ1v) is 7.72. The molecule has 3 heterocycles. The number of hydrogen-bond donors (Lipinski definition) is 2. The summed E-state index contributed by atoms with van der Waals surface area (Å²) in [6.07, 6.45) is 3.79. The molecular weight excluding hydrogens is 314 g/mol. The van der Waals surface area contributed by atoms with Crippen LogP contribution < -0.4 is 10.9 Å². The number of aromatic hydroxyl groups is 1. The molecule has 24 heavy (non-hydrogen) atoms. The molecule has 0 saturated carbocycles. The van der Waals surface area contributed by atoms with Crippen LogP contribution in [0.3, 0.4) is 0 Å². The summed E-state index contributed by atoms with van der Waals surface area (Å²) >= 11 is 0. The highest BCUT2D eigenvalue weighted by atomic mass is 16.5. The number of amides is 1. The highest BCUT2D eigenvalue weighted by Crippen LogP contribution is 2.27. The Labute approximate surface area is 139 Å². The minimum atomic E-state index is -0.807. The molecule has 0 unspecified atom stereocenters. The van der Waals surface area contributed by atoms with E-state index in [9.17, 15) is 14.7 Å². The van der Waals surface area contributed by atoms with Crippen LogP contribution in [0.5, 0.6) is 5.75 Å². The Morgan fingerprint density at radius 3 is 2.92 bits per heavy atom.